The van der Waals surface area contributed by atoms with Gasteiger partial charge < -0.3 is 14.9 Å². The molecule has 2 aliphatic heterocycles. The van der Waals surface area contributed by atoms with Gasteiger partial charge in [-0.05, 0) is 50.8 Å². The van der Waals surface area contributed by atoms with E-state index in [1.165, 1.54) is 0 Å². The summed E-state index contributed by atoms with van der Waals surface area (Å²) in [5.41, 5.74) is 6.24. The molecule has 5 rings (SSSR count). The largest absolute Gasteiger partial charge is 0.393 e. The average molecular weight is 465 g/mol. The highest BCUT2D eigenvalue weighted by atomic mass is 35.5. The van der Waals surface area contributed by atoms with Crippen LogP contribution in [0.3, 0.4) is 0 Å². The van der Waals surface area contributed by atoms with Gasteiger partial charge in [0.1, 0.15) is 5.82 Å². The summed E-state index contributed by atoms with van der Waals surface area (Å²) in [6, 6.07) is 4.26. The van der Waals surface area contributed by atoms with Crippen molar-refractivity contribution in [3.8, 4) is 11.3 Å². The van der Waals surface area contributed by atoms with E-state index in [4.69, 9.17) is 16.6 Å². The molecule has 1 fully saturated rings. The number of aliphatic hydroxyl groups is 1. The Kier molecular flexibility index (Phi) is 5.93. The summed E-state index contributed by atoms with van der Waals surface area (Å²) < 4.78 is 0. The van der Waals surface area contributed by atoms with Crippen molar-refractivity contribution in [3.63, 3.8) is 0 Å². The summed E-state index contributed by atoms with van der Waals surface area (Å²) in [4.78, 5) is 23.3. The topological polar surface area (TPSA) is 78.3 Å². The summed E-state index contributed by atoms with van der Waals surface area (Å²) in [5, 5.41) is 10.4. The number of aliphatic hydroxyl groups excluding tert-OH is 1. The van der Waals surface area contributed by atoms with E-state index >= 15 is 0 Å². The molecule has 0 radical (unpaired) electrons. The highest BCUT2D eigenvalue weighted by molar-refractivity contribution is 6.33. The molecule has 1 atom stereocenters. The molecule has 1 unspecified atom stereocenters. The van der Waals surface area contributed by atoms with Crippen molar-refractivity contribution in [3.05, 3.63) is 58.1 Å². The van der Waals surface area contributed by atoms with Crippen molar-refractivity contribution < 1.29 is 5.11 Å². The standard InChI is InChI=1S/C25H29ClN6O/c1-15-10-16(2)24(28-12-15)19-11-23(27-14-21(19)26)32-9-6-22-20(17(32)3)13-29-25(30-22)31-7-4-18(33)5-8-31/h10-14,17-18,33H,4-9H2,1-3H3. The van der Waals surface area contributed by atoms with Crippen molar-refractivity contribution in [1.82, 2.24) is 19.9 Å². The van der Waals surface area contributed by atoms with Crippen LogP contribution in [0.25, 0.3) is 11.3 Å². The molecule has 0 bridgehead atoms. The predicted molar refractivity (Wildman–Crippen MR) is 131 cm³/mol. The lowest BCUT2D eigenvalue weighted by atomic mass is 9.99. The van der Waals surface area contributed by atoms with E-state index in [9.17, 15) is 5.11 Å². The number of nitrogens with zero attached hydrogens (tertiary/aromatic N) is 6. The quantitative estimate of drug-likeness (QED) is 0.619. The second-order valence-electron chi connectivity index (χ2n) is 9.11. The van der Waals surface area contributed by atoms with Gasteiger partial charge in [0.2, 0.25) is 5.95 Å². The zero-order chi connectivity index (χ0) is 23.1. The second-order valence-corrected chi connectivity index (χ2v) is 9.52. The maximum absolute atomic E-state index is 9.78. The van der Waals surface area contributed by atoms with Crippen LogP contribution >= 0.6 is 11.6 Å². The summed E-state index contributed by atoms with van der Waals surface area (Å²) in [5.74, 6) is 1.65. The molecule has 1 saturated heterocycles. The highest BCUT2D eigenvalue weighted by Crippen LogP contribution is 2.36. The lowest BCUT2D eigenvalue weighted by Gasteiger charge is -2.36. The molecule has 172 valence electrons. The van der Waals surface area contributed by atoms with Gasteiger partial charge in [-0.2, -0.15) is 0 Å². The zero-order valence-corrected chi connectivity index (χ0v) is 20.0. The minimum Gasteiger partial charge on any atom is -0.393 e. The molecule has 0 saturated carbocycles. The molecular formula is C25H29ClN6O. The van der Waals surface area contributed by atoms with Gasteiger partial charge in [-0.1, -0.05) is 17.7 Å². The second kappa shape index (κ2) is 8.88. The van der Waals surface area contributed by atoms with Crippen molar-refractivity contribution in [1.29, 1.82) is 0 Å². The average Bonchev–Trinajstić information content (AvgIpc) is 2.80. The Bertz CT molecular complexity index is 1180. The molecule has 5 heterocycles. The van der Waals surface area contributed by atoms with Crippen LogP contribution in [0, 0.1) is 13.8 Å². The smallest absolute Gasteiger partial charge is 0.225 e. The minimum atomic E-state index is -0.205. The molecule has 0 aliphatic carbocycles. The molecular weight excluding hydrogens is 436 g/mol. The number of hydrogen-bond acceptors (Lipinski definition) is 7. The summed E-state index contributed by atoms with van der Waals surface area (Å²) in [7, 11) is 0. The van der Waals surface area contributed by atoms with E-state index in [-0.39, 0.29) is 12.1 Å². The molecule has 0 aromatic carbocycles. The number of rotatable bonds is 3. The van der Waals surface area contributed by atoms with Crippen molar-refractivity contribution >= 4 is 23.4 Å². The summed E-state index contributed by atoms with van der Waals surface area (Å²) >= 11 is 6.54. The fourth-order valence-corrected chi connectivity index (χ4v) is 5.04. The Morgan fingerprint density at radius 3 is 2.55 bits per heavy atom. The van der Waals surface area contributed by atoms with E-state index < -0.39 is 0 Å². The number of anilines is 2. The number of pyridine rings is 2. The first-order valence-electron chi connectivity index (χ1n) is 11.6. The Balaban J connectivity index is 1.42. The molecule has 2 aliphatic rings. The fourth-order valence-electron chi connectivity index (χ4n) is 4.85. The lowest BCUT2D eigenvalue weighted by Crippen LogP contribution is -2.38. The van der Waals surface area contributed by atoms with Crippen LogP contribution in [-0.2, 0) is 6.42 Å². The predicted octanol–water partition coefficient (Wildman–Crippen LogP) is 4.29. The Hall–Kier alpha value is -2.77. The third-order valence-electron chi connectivity index (χ3n) is 6.75. The Labute approximate surface area is 199 Å². The third-order valence-corrected chi connectivity index (χ3v) is 7.05. The lowest BCUT2D eigenvalue weighted by molar-refractivity contribution is 0.145. The van der Waals surface area contributed by atoms with Crippen LogP contribution in [0.15, 0.2) is 30.7 Å². The van der Waals surface area contributed by atoms with Crippen molar-refractivity contribution in [2.75, 3.05) is 29.4 Å². The van der Waals surface area contributed by atoms with Gasteiger partial charge >= 0.3 is 0 Å². The maximum atomic E-state index is 9.78. The SMILES string of the molecule is Cc1cnc(-c2cc(N3CCc4nc(N5CCC(O)CC5)ncc4C3C)ncc2Cl)c(C)c1. The normalized spacial score (nSPS) is 19.0. The Morgan fingerprint density at radius 2 is 1.79 bits per heavy atom. The van der Waals surface area contributed by atoms with Gasteiger partial charge in [0.25, 0.3) is 0 Å². The summed E-state index contributed by atoms with van der Waals surface area (Å²) in [6.45, 7) is 8.68. The molecule has 7 nitrogen and oxygen atoms in total. The Morgan fingerprint density at radius 1 is 1.00 bits per heavy atom. The van der Waals surface area contributed by atoms with E-state index in [1.807, 2.05) is 25.4 Å². The van der Waals surface area contributed by atoms with E-state index in [2.05, 4.69) is 44.7 Å². The van der Waals surface area contributed by atoms with Crippen LogP contribution in [0.1, 0.15) is 48.2 Å². The molecule has 1 N–H and O–H groups in total. The van der Waals surface area contributed by atoms with E-state index in [0.29, 0.717) is 5.02 Å². The van der Waals surface area contributed by atoms with Gasteiger partial charge in [0.05, 0.1) is 28.6 Å². The van der Waals surface area contributed by atoms with Gasteiger partial charge in [-0.25, -0.2) is 15.0 Å². The first-order valence-corrected chi connectivity index (χ1v) is 11.9. The third kappa shape index (κ3) is 4.27. The summed E-state index contributed by atoms with van der Waals surface area (Å²) in [6.07, 6.45) is 7.71. The van der Waals surface area contributed by atoms with Gasteiger partial charge in [0, 0.05) is 55.8 Å². The van der Waals surface area contributed by atoms with Crippen LogP contribution in [0.4, 0.5) is 11.8 Å². The highest BCUT2D eigenvalue weighted by Gasteiger charge is 2.28. The van der Waals surface area contributed by atoms with Crippen LogP contribution < -0.4 is 9.80 Å². The van der Waals surface area contributed by atoms with Crippen molar-refractivity contribution in [2.24, 2.45) is 0 Å². The molecule has 3 aromatic rings. The molecule has 0 spiro atoms. The molecule has 8 heteroatoms. The zero-order valence-electron chi connectivity index (χ0n) is 19.3. The van der Waals surface area contributed by atoms with Crippen LogP contribution in [-0.4, -0.2) is 50.8 Å². The van der Waals surface area contributed by atoms with E-state index in [0.717, 1.165) is 84.3 Å². The van der Waals surface area contributed by atoms with Gasteiger partial charge in [-0.15, -0.1) is 0 Å². The van der Waals surface area contributed by atoms with Gasteiger partial charge in [0.15, 0.2) is 0 Å². The van der Waals surface area contributed by atoms with Crippen LogP contribution in [0.2, 0.25) is 5.02 Å². The molecule has 33 heavy (non-hydrogen) atoms. The minimum absolute atomic E-state index is 0.0968. The molecule has 0 amide bonds. The number of aryl methyl sites for hydroxylation is 2. The maximum Gasteiger partial charge on any atom is 0.225 e. The number of piperidine rings is 1. The number of aromatic nitrogens is 4. The van der Waals surface area contributed by atoms with Crippen molar-refractivity contribution in [2.45, 2.75) is 52.2 Å². The number of halogens is 1. The van der Waals surface area contributed by atoms with Gasteiger partial charge in [-0.3, -0.25) is 4.98 Å². The van der Waals surface area contributed by atoms with E-state index in [1.54, 1.807) is 6.20 Å². The molecule has 3 aromatic heterocycles. The first-order chi connectivity index (χ1) is 15.9. The first kappa shape index (κ1) is 22.0. The number of fused-ring (bicyclic) bond motifs is 1. The van der Waals surface area contributed by atoms with Crippen LogP contribution in [0.5, 0.6) is 0 Å². The number of hydrogen-bond donors (Lipinski definition) is 1. The monoisotopic (exact) mass is 464 g/mol. The fraction of sp³-hybridized carbons (Fsp3) is 0.440.